The minimum Gasteiger partial charge on any atom is -0.0730 e. The molecule has 2 aliphatic rings. The van der Waals surface area contributed by atoms with Gasteiger partial charge in [0.2, 0.25) is 0 Å². The highest BCUT2D eigenvalue weighted by Crippen LogP contribution is 2.38. The Kier molecular flexibility index (Phi) is 11.4. The summed E-state index contributed by atoms with van der Waals surface area (Å²) in [5.41, 5.74) is 5.72. The van der Waals surface area contributed by atoms with E-state index in [1.54, 1.807) is 5.56 Å². The van der Waals surface area contributed by atoms with Gasteiger partial charge in [-0.05, 0) is 123 Å². The maximum absolute atomic E-state index is 3.37. The van der Waals surface area contributed by atoms with Crippen LogP contribution in [0.4, 0.5) is 0 Å². The van der Waals surface area contributed by atoms with E-state index in [1.807, 2.05) is 0 Å². The first-order valence-corrected chi connectivity index (χ1v) is 15.6. The van der Waals surface area contributed by atoms with Crippen LogP contribution >= 0.6 is 0 Å². The third-order valence-corrected chi connectivity index (χ3v) is 9.15. The van der Waals surface area contributed by atoms with Gasteiger partial charge in [0.05, 0.1) is 0 Å². The first kappa shape index (κ1) is 27.8. The van der Waals surface area contributed by atoms with E-state index in [1.165, 1.54) is 107 Å². The Morgan fingerprint density at radius 1 is 0.676 bits per heavy atom. The average Bonchev–Trinajstić information content (AvgIpc) is 2.96. The summed E-state index contributed by atoms with van der Waals surface area (Å²) in [6.45, 7) is 4.58. The number of unbranched alkanes of at least 4 members (excludes halogenated alkanes) is 3. The van der Waals surface area contributed by atoms with Crippen molar-refractivity contribution in [3.8, 4) is 11.8 Å². The smallest absolute Gasteiger partial charge is 0.0249 e. The van der Waals surface area contributed by atoms with Gasteiger partial charge in [0, 0.05) is 5.56 Å². The standard InChI is InChI=1S/C37H50/c1-3-5-7-11-31-16-24-35(25-17-31)37-28-20-33(21-29-37)13-9-8-12-32-18-26-36(27-19-32)34-22-14-30(15-23-34)10-6-4-2/h8,12,14-15,20-23,28-29,31-32,35-36H,3-7,10-11,16-19,24-27H2,1-2H3/t31-,32-,35-,36-. The largest absolute Gasteiger partial charge is 0.0730 e. The van der Waals surface area contributed by atoms with Crippen LogP contribution in [0.25, 0.3) is 0 Å². The average molecular weight is 495 g/mol. The molecule has 2 fully saturated rings. The fraction of sp³-hybridized carbons (Fsp3) is 0.568. The van der Waals surface area contributed by atoms with Crippen LogP contribution in [0.5, 0.6) is 0 Å². The molecule has 0 saturated heterocycles. The zero-order valence-electron chi connectivity index (χ0n) is 23.7. The van der Waals surface area contributed by atoms with Gasteiger partial charge >= 0.3 is 0 Å². The number of allylic oxidation sites excluding steroid dienone is 2. The van der Waals surface area contributed by atoms with E-state index in [2.05, 4.69) is 86.4 Å². The molecule has 2 aromatic rings. The van der Waals surface area contributed by atoms with Crippen molar-refractivity contribution < 1.29 is 0 Å². The number of aryl methyl sites for hydroxylation is 1. The van der Waals surface area contributed by atoms with Crippen molar-refractivity contribution in [2.45, 2.75) is 122 Å². The second-order valence-electron chi connectivity index (χ2n) is 11.9. The van der Waals surface area contributed by atoms with E-state index in [9.17, 15) is 0 Å². The van der Waals surface area contributed by atoms with Crippen LogP contribution in [0.1, 0.15) is 138 Å². The number of rotatable bonds is 10. The lowest BCUT2D eigenvalue weighted by atomic mass is 9.77. The van der Waals surface area contributed by atoms with Crippen molar-refractivity contribution in [1.29, 1.82) is 0 Å². The SMILES string of the molecule is CCCCC[C@H]1CC[C@H](c2ccc(C#CC=C[C@H]3CC[C@H](c4ccc(CCCC)cc4)CC3)cc2)CC1. The Morgan fingerprint density at radius 2 is 1.27 bits per heavy atom. The Labute approximate surface area is 228 Å². The van der Waals surface area contributed by atoms with Crippen molar-refractivity contribution in [3.63, 3.8) is 0 Å². The van der Waals surface area contributed by atoms with Crippen molar-refractivity contribution in [2.24, 2.45) is 11.8 Å². The fourth-order valence-corrected chi connectivity index (χ4v) is 6.60. The molecular formula is C37H50. The highest BCUT2D eigenvalue weighted by atomic mass is 14.3. The van der Waals surface area contributed by atoms with Crippen molar-refractivity contribution in [2.75, 3.05) is 0 Å². The molecule has 4 rings (SSSR count). The molecule has 0 amide bonds. The summed E-state index contributed by atoms with van der Waals surface area (Å²) in [6.07, 6.45) is 24.7. The summed E-state index contributed by atoms with van der Waals surface area (Å²) in [5.74, 6) is 9.86. The summed E-state index contributed by atoms with van der Waals surface area (Å²) in [4.78, 5) is 0. The lowest BCUT2D eigenvalue weighted by Gasteiger charge is -2.29. The maximum atomic E-state index is 3.37. The van der Waals surface area contributed by atoms with E-state index in [0.717, 1.165) is 23.3 Å². The first-order chi connectivity index (χ1) is 18.2. The molecule has 198 valence electrons. The predicted octanol–water partition coefficient (Wildman–Crippen LogP) is 10.8. The molecule has 2 saturated carbocycles. The summed E-state index contributed by atoms with van der Waals surface area (Å²) in [7, 11) is 0. The number of hydrogen-bond acceptors (Lipinski definition) is 0. The Morgan fingerprint density at radius 3 is 1.89 bits per heavy atom. The molecule has 0 atom stereocenters. The molecule has 2 aliphatic carbocycles. The van der Waals surface area contributed by atoms with Gasteiger partial charge in [-0.2, -0.15) is 0 Å². The van der Waals surface area contributed by atoms with Crippen LogP contribution in [-0.2, 0) is 6.42 Å². The van der Waals surface area contributed by atoms with Gasteiger partial charge in [-0.1, -0.05) is 100 Å². The molecule has 0 radical (unpaired) electrons. The van der Waals surface area contributed by atoms with Gasteiger partial charge in [0.1, 0.15) is 0 Å². The first-order valence-electron chi connectivity index (χ1n) is 15.6. The van der Waals surface area contributed by atoms with Gasteiger partial charge in [0.25, 0.3) is 0 Å². The van der Waals surface area contributed by atoms with Crippen LogP contribution in [0.3, 0.4) is 0 Å². The van der Waals surface area contributed by atoms with Gasteiger partial charge in [-0.25, -0.2) is 0 Å². The minimum absolute atomic E-state index is 0.689. The molecule has 0 bridgehead atoms. The topological polar surface area (TPSA) is 0 Å². The monoisotopic (exact) mass is 494 g/mol. The predicted molar refractivity (Wildman–Crippen MR) is 161 cm³/mol. The Bertz CT molecular complexity index is 981. The van der Waals surface area contributed by atoms with Crippen LogP contribution in [0.15, 0.2) is 60.7 Å². The highest BCUT2D eigenvalue weighted by Gasteiger charge is 2.22. The van der Waals surface area contributed by atoms with Crippen LogP contribution in [-0.4, -0.2) is 0 Å². The molecule has 0 aromatic heterocycles. The third kappa shape index (κ3) is 8.92. The third-order valence-electron chi connectivity index (χ3n) is 9.15. The van der Waals surface area contributed by atoms with Gasteiger partial charge < -0.3 is 0 Å². The molecule has 0 nitrogen and oxygen atoms in total. The number of hydrogen-bond donors (Lipinski definition) is 0. The Hall–Kier alpha value is -2.26. The molecule has 0 heteroatoms. The maximum Gasteiger partial charge on any atom is 0.0249 e. The van der Waals surface area contributed by atoms with E-state index < -0.39 is 0 Å². The minimum atomic E-state index is 0.689. The molecular weight excluding hydrogens is 444 g/mol. The normalized spacial score (nSPS) is 24.1. The lowest BCUT2D eigenvalue weighted by molar-refractivity contribution is 0.303. The summed E-state index contributed by atoms with van der Waals surface area (Å²) in [5, 5.41) is 0. The van der Waals surface area contributed by atoms with Gasteiger partial charge in [-0.15, -0.1) is 0 Å². The summed E-state index contributed by atoms with van der Waals surface area (Å²) >= 11 is 0. The Balaban J connectivity index is 1.18. The molecule has 0 aliphatic heterocycles. The van der Waals surface area contributed by atoms with E-state index in [4.69, 9.17) is 0 Å². The summed E-state index contributed by atoms with van der Waals surface area (Å²) in [6, 6.07) is 18.7. The van der Waals surface area contributed by atoms with Crippen molar-refractivity contribution >= 4 is 0 Å². The van der Waals surface area contributed by atoms with Gasteiger partial charge in [0.15, 0.2) is 0 Å². The number of benzene rings is 2. The molecule has 0 spiro atoms. The molecule has 37 heavy (non-hydrogen) atoms. The molecule has 0 heterocycles. The fourth-order valence-electron chi connectivity index (χ4n) is 6.60. The van der Waals surface area contributed by atoms with Crippen LogP contribution < -0.4 is 0 Å². The molecule has 0 unspecified atom stereocenters. The zero-order valence-corrected chi connectivity index (χ0v) is 23.7. The highest BCUT2D eigenvalue weighted by molar-refractivity contribution is 5.39. The van der Waals surface area contributed by atoms with Crippen LogP contribution in [0.2, 0.25) is 0 Å². The second kappa shape index (κ2) is 15.2. The van der Waals surface area contributed by atoms with Crippen molar-refractivity contribution in [3.05, 3.63) is 82.9 Å². The van der Waals surface area contributed by atoms with Crippen LogP contribution in [0, 0.1) is 23.7 Å². The van der Waals surface area contributed by atoms with Crippen molar-refractivity contribution in [1.82, 2.24) is 0 Å². The quantitative estimate of drug-likeness (QED) is 0.227. The lowest BCUT2D eigenvalue weighted by Crippen LogP contribution is -2.13. The molecule has 2 aromatic carbocycles. The summed E-state index contributed by atoms with van der Waals surface area (Å²) < 4.78 is 0. The van der Waals surface area contributed by atoms with E-state index in [-0.39, 0.29) is 0 Å². The zero-order chi connectivity index (χ0) is 25.7. The molecule has 0 N–H and O–H groups in total. The van der Waals surface area contributed by atoms with E-state index in [0.29, 0.717) is 5.92 Å². The van der Waals surface area contributed by atoms with Gasteiger partial charge in [-0.3, -0.25) is 0 Å². The van der Waals surface area contributed by atoms with E-state index >= 15 is 0 Å². The second-order valence-corrected chi connectivity index (χ2v) is 11.9.